The topological polar surface area (TPSA) is 74.0 Å². The van der Waals surface area contributed by atoms with Gasteiger partial charge in [-0.25, -0.2) is 8.78 Å². The van der Waals surface area contributed by atoms with E-state index in [1.54, 1.807) is 24.3 Å². The number of rotatable bonds is 6. The normalized spacial score (nSPS) is 15.7. The fraction of sp³-hybridized carbons (Fsp3) is 0.217. The molecule has 1 unspecified atom stereocenters. The zero-order valence-corrected chi connectivity index (χ0v) is 17.2. The van der Waals surface area contributed by atoms with Gasteiger partial charge in [-0.15, -0.1) is 0 Å². The molecular formula is C23H20ClF2N3O2. The smallest absolute Gasteiger partial charge is 0.242 e. The van der Waals surface area contributed by atoms with Crippen molar-refractivity contribution >= 4 is 23.4 Å². The molecule has 8 heteroatoms. The molecule has 1 saturated heterocycles. The zero-order chi connectivity index (χ0) is 22.0. The fourth-order valence-corrected chi connectivity index (χ4v) is 4.01. The average molecular weight is 444 g/mol. The summed E-state index contributed by atoms with van der Waals surface area (Å²) in [5.41, 5.74) is 3.34. The third-order valence-electron chi connectivity index (χ3n) is 5.29. The summed E-state index contributed by atoms with van der Waals surface area (Å²) >= 11 is 6.67. The molecule has 0 bridgehead atoms. The van der Waals surface area contributed by atoms with Crippen LogP contribution in [0.2, 0.25) is 5.02 Å². The van der Waals surface area contributed by atoms with Gasteiger partial charge in [-0.05, 0) is 78.1 Å². The molecule has 1 aromatic heterocycles. The van der Waals surface area contributed by atoms with Crippen LogP contribution in [0.15, 0.2) is 48.5 Å². The number of hydrogen-bond donors (Lipinski definition) is 3. The summed E-state index contributed by atoms with van der Waals surface area (Å²) < 4.78 is 26.8. The Kier molecular flexibility index (Phi) is 6.04. The molecule has 2 amide bonds. The summed E-state index contributed by atoms with van der Waals surface area (Å²) in [6.45, 7) is 0.545. The number of carbonyl (C=O) groups excluding carboxylic acids is 2. The van der Waals surface area contributed by atoms with Gasteiger partial charge in [0.05, 0.1) is 16.4 Å². The zero-order valence-electron chi connectivity index (χ0n) is 16.5. The van der Waals surface area contributed by atoms with Crippen LogP contribution in [-0.2, 0) is 16.0 Å². The largest absolute Gasteiger partial charge is 0.354 e. The molecule has 3 aromatic rings. The van der Waals surface area contributed by atoms with Crippen LogP contribution in [0.3, 0.4) is 0 Å². The highest BCUT2D eigenvalue weighted by Gasteiger charge is 2.26. The number of benzene rings is 2. The molecule has 160 valence electrons. The Hall–Kier alpha value is -3.19. The molecule has 5 nitrogen and oxygen atoms in total. The molecule has 3 N–H and O–H groups in total. The van der Waals surface area contributed by atoms with Crippen LogP contribution in [-0.4, -0.2) is 29.4 Å². The summed E-state index contributed by atoms with van der Waals surface area (Å²) in [6.07, 6.45) is 0.993. The van der Waals surface area contributed by atoms with Crippen molar-refractivity contribution in [2.45, 2.75) is 25.3 Å². The Morgan fingerprint density at radius 1 is 1.00 bits per heavy atom. The third-order valence-corrected chi connectivity index (χ3v) is 5.71. The van der Waals surface area contributed by atoms with E-state index >= 15 is 0 Å². The number of aromatic nitrogens is 1. The van der Waals surface area contributed by atoms with Gasteiger partial charge in [0, 0.05) is 13.0 Å². The van der Waals surface area contributed by atoms with Crippen molar-refractivity contribution in [3.8, 4) is 22.5 Å². The lowest BCUT2D eigenvalue weighted by molar-refractivity contribution is -0.127. The van der Waals surface area contributed by atoms with E-state index in [0.717, 1.165) is 0 Å². The molecular weight excluding hydrogens is 424 g/mol. The molecule has 1 fully saturated rings. The highest BCUT2D eigenvalue weighted by molar-refractivity contribution is 6.34. The number of hydrogen-bond acceptors (Lipinski definition) is 2. The molecule has 1 atom stereocenters. The van der Waals surface area contributed by atoms with E-state index in [4.69, 9.17) is 11.6 Å². The van der Waals surface area contributed by atoms with Crippen molar-refractivity contribution in [2.75, 3.05) is 6.54 Å². The van der Waals surface area contributed by atoms with E-state index in [0.29, 0.717) is 52.5 Å². The molecule has 2 heterocycles. The second-order valence-corrected chi connectivity index (χ2v) is 7.76. The van der Waals surface area contributed by atoms with Gasteiger partial charge < -0.3 is 15.6 Å². The molecule has 0 spiro atoms. The second-order valence-electron chi connectivity index (χ2n) is 7.38. The van der Waals surface area contributed by atoms with Gasteiger partial charge in [0.15, 0.2) is 0 Å². The quantitative estimate of drug-likeness (QED) is 0.533. The van der Waals surface area contributed by atoms with Gasteiger partial charge in [-0.1, -0.05) is 11.6 Å². The molecule has 0 radical (unpaired) electrons. The summed E-state index contributed by atoms with van der Waals surface area (Å²) in [4.78, 5) is 27.3. The Balaban J connectivity index is 1.62. The van der Waals surface area contributed by atoms with Gasteiger partial charge in [-0.2, -0.15) is 0 Å². The predicted octanol–water partition coefficient (Wildman–Crippen LogP) is 4.22. The van der Waals surface area contributed by atoms with Gasteiger partial charge in [0.2, 0.25) is 11.8 Å². The van der Waals surface area contributed by atoms with Crippen molar-refractivity contribution in [3.63, 3.8) is 0 Å². The monoisotopic (exact) mass is 443 g/mol. The molecule has 0 saturated carbocycles. The molecule has 4 rings (SSSR count). The minimum Gasteiger partial charge on any atom is -0.354 e. The maximum absolute atomic E-state index is 13.4. The standard InChI is InChI=1S/C23H20ClF2N3O2/c24-20-17(9-10-19(30)28-18-11-12-27-23(18)31)21(13-1-5-15(25)6-2-13)29-22(20)14-3-7-16(26)8-4-14/h1-8,18,29H,9-12H2,(H,27,31)(H,28,30). The molecule has 31 heavy (non-hydrogen) atoms. The van der Waals surface area contributed by atoms with Crippen LogP contribution in [0.4, 0.5) is 8.78 Å². The first-order chi connectivity index (χ1) is 14.9. The SMILES string of the molecule is O=C(CCc1c(-c2ccc(F)cc2)[nH]c(-c2ccc(F)cc2)c1Cl)NC1CCNC1=O. The van der Waals surface area contributed by atoms with Crippen LogP contribution in [0.5, 0.6) is 0 Å². The maximum Gasteiger partial charge on any atom is 0.242 e. The van der Waals surface area contributed by atoms with Crippen molar-refractivity contribution < 1.29 is 18.4 Å². The average Bonchev–Trinajstić information content (AvgIpc) is 3.30. The van der Waals surface area contributed by atoms with Crippen molar-refractivity contribution in [3.05, 3.63) is 70.8 Å². The maximum atomic E-state index is 13.4. The summed E-state index contributed by atoms with van der Waals surface area (Å²) in [6, 6.07) is 11.3. The third kappa shape index (κ3) is 4.61. The lowest BCUT2D eigenvalue weighted by atomic mass is 10.0. The number of amides is 2. The summed E-state index contributed by atoms with van der Waals surface area (Å²) in [5.74, 6) is -1.17. The lowest BCUT2D eigenvalue weighted by Crippen LogP contribution is -2.40. The fourth-order valence-electron chi connectivity index (χ4n) is 3.67. The van der Waals surface area contributed by atoms with E-state index in [1.165, 1.54) is 24.3 Å². The first kappa shape index (κ1) is 21.1. The molecule has 1 aliphatic rings. The van der Waals surface area contributed by atoms with Gasteiger partial charge in [0.1, 0.15) is 17.7 Å². The van der Waals surface area contributed by atoms with Crippen LogP contribution >= 0.6 is 11.6 Å². The van der Waals surface area contributed by atoms with Crippen molar-refractivity contribution in [1.82, 2.24) is 15.6 Å². The first-order valence-electron chi connectivity index (χ1n) is 9.91. The number of aromatic amines is 1. The van der Waals surface area contributed by atoms with E-state index in [-0.39, 0.29) is 29.9 Å². The highest BCUT2D eigenvalue weighted by atomic mass is 35.5. The first-order valence-corrected chi connectivity index (χ1v) is 10.3. The minimum atomic E-state index is -0.513. The molecule has 1 aliphatic heterocycles. The predicted molar refractivity (Wildman–Crippen MR) is 114 cm³/mol. The van der Waals surface area contributed by atoms with E-state index in [2.05, 4.69) is 15.6 Å². The van der Waals surface area contributed by atoms with Crippen molar-refractivity contribution in [2.24, 2.45) is 0 Å². The van der Waals surface area contributed by atoms with E-state index in [9.17, 15) is 18.4 Å². The number of carbonyl (C=O) groups is 2. The minimum absolute atomic E-state index is 0.123. The van der Waals surface area contributed by atoms with Gasteiger partial charge >= 0.3 is 0 Å². The summed E-state index contributed by atoms with van der Waals surface area (Å²) in [7, 11) is 0. The highest BCUT2D eigenvalue weighted by Crippen LogP contribution is 2.38. The Morgan fingerprint density at radius 3 is 2.13 bits per heavy atom. The number of halogens is 3. The number of nitrogens with one attached hydrogen (secondary N) is 3. The Morgan fingerprint density at radius 2 is 1.58 bits per heavy atom. The van der Waals surface area contributed by atoms with Crippen LogP contribution in [0, 0.1) is 11.6 Å². The van der Waals surface area contributed by atoms with Crippen LogP contribution in [0.1, 0.15) is 18.4 Å². The second kappa shape index (κ2) is 8.89. The Bertz CT molecular complexity index is 1110. The van der Waals surface area contributed by atoms with Gasteiger partial charge in [-0.3, -0.25) is 9.59 Å². The van der Waals surface area contributed by atoms with E-state index in [1.807, 2.05) is 0 Å². The number of H-pyrrole nitrogens is 1. The van der Waals surface area contributed by atoms with E-state index < -0.39 is 6.04 Å². The van der Waals surface area contributed by atoms with Crippen LogP contribution in [0.25, 0.3) is 22.5 Å². The van der Waals surface area contributed by atoms with Crippen LogP contribution < -0.4 is 10.6 Å². The Labute approximate surface area is 182 Å². The molecule has 2 aromatic carbocycles. The van der Waals surface area contributed by atoms with Gasteiger partial charge in [0.25, 0.3) is 0 Å². The molecule has 0 aliphatic carbocycles. The summed E-state index contributed by atoms with van der Waals surface area (Å²) in [5, 5.41) is 5.83. The van der Waals surface area contributed by atoms with Crippen molar-refractivity contribution in [1.29, 1.82) is 0 Å². The lowest BCUT2D eigenvalue weighted by Gasteiger charge is -2.10.